The SMILES string of the molecule is CC(C)c1ccc2c(c1)CC[C@H]1[C@@](C)(Cc3c(OC=O)ccc4[nH]c(-c5cccc(OCC(=O)OC(C)(C)C)c5)nc34)CCC[C@]21C. The molecule has 1 heterocycles. The lowest BCUT2D eigenvalue weighted by Gasteiger charge is -2.56. The fourth-order valence-electron chi connectivity index (χ4n) is 8.45. The number of hydrogen-bond acceptors (Lipinski definition) is 6. The number of ether oxygens (including phenoxy) is 3. The second kappa shape index (κ2) is 12.5. The van der Waals surface area contributed by atoms with Gasteiger partial charge in [0.1, 0.15) is 22.9 Å². The second-order valence-corrected chi connectivity index (χ2v) is 15.4. The van der Waals surface area contributed by atoms with E-state index in [0.717, 1.165) is 54.3 Å². The molecule has 0 spiro atoms. The number of carbonyl (C=O) groups is 2. The van der Waals surface area contributed by atoms with Crippen LogP contribution < -0.4 is 9.47 Å². The van der Waals surface area contributed by atoms with Gasteiger partial charge in [-0.05, 0) is 116 Å². The van der Waals surface area contributed by atoms with E-state index in [0.29, 0.717) is 35.6 Å². The molecule has 1 aromatic heterocycles. The van der Waals surface area contributed by atoms with Gasteiger partial charge < -0.3 is 19.2 Å². The summed E-state index contributed by atoms with van der Waals surface area (Å²) in [7, 11) is 0. The number of aryl methyl sites for hydroxylation is 1. The van der Waals surface area contributed by atoms with Gasteiger partial charge in [0, 0.05) is 11.1 Å². The third kappa shape index (κ3) is 6.54. The maximum Gasteiger partial charge on any atom is 0.344 e. The monoisotopic (exact) mass is 636 g/mol. The molecule has 0 aliphatic heterocycles. The molecule has 1 saturated carbocycles. The van der Waals surface area contributed by atoms with E-state index in [2.05, 4.69) is 50.9 Å². The first-order valence-corrected chi connectivity index (χ1v) is 17.0. The van der Waals surface area contributed by atoms with Crippen molar-refractivity contribution in [3.8, 4) is 22.9 Å². The van der Waals surface area contributed by atoms with Gasteiger partial charge in [0.25, 0.3) is 6.47 Å². The molecule has 1 N–H and O–H groups in total. The quantitative estimate of drug-likeness (QED) is 0.146. The van der Waals surface area contributed by atoms with Gasteiger partial charge in [0.2, 0.25) is 0 Å². The summed E-state index contributed by atoms with van der Waals surface area (Å²) < 4.78 is 16.8. The molecule has 6 rings (SSSR count). The molecule has 0 radical (unpaired) electrons. The summed E-state index contributed by atoms with van der Waals surface area (Å²) in [5.74, 6) is 2.37. The molecule has 0 bridgehead atoms. The Morgan fingerprint density at radius 1 is 1.09 bits per heavy atom. The fourth-order valence-corrected chi connectivity index (χ4v) is 8.45. The van der Waals surface area contributed by atoms with Crippen molar-refractivity contribution >= 4 is 23.5 Å². The third-order valence-electron chi connectivity index (χ3n) is 10.5. The van der Waals surface area contributed by atoms with Crippen LogP contribution in [0.5, 0.6) is 11.5 Å². The number of nitrogens with zero attached hydrogens (tertiary/aromatic N) is 1. The van der Waals surface area contributed by atoms with Gasteiger partial charge in [-0.3, -0.25) is 4.79 Å². The Morgan fingerprint density at radius 2 is 1.89 bits per heavy atom. The first-order valence-electron chi connectivity index (χ1n) is 17.0. The predicted octanol–water partition coefficient (Wildman–Crippen LogP) is 8.86. The zero-order chi connectivity index (χ0) is 33.6. The molecular weight excluding hydrogens is 588 g/mol. The molecular formula is C40H48N2O5. The largest absolute Gasteiger partial charge is 0.482 e. The summed E-state index contributed by atoms with van der Waals surface area (Å²) in [5.41, 5.74) is 7.43. The number of fused-ring (bicyclic) bond motifs is 4. The van der Waals surface area contributed by atoms with Gasteiger partial charge in [0.15, 0.2) is 6.61 Å². The van der Waals surface area contributed by atoms with Crippen molar-refractivity contribution in [1.29, 1.82) is 0 Å². The number of H-pyrrole nitrogens is 1. The Morgan fingerprint density at radius 3 is 2.64 bits per heavy atom. The van der Waals surface area contributed by atoms with Crippen molar-refractivity contribution in [3.05, 3.63) is 76.9 Å². The molecule has 248 valence electrons. The Kier molecular flexibility index (Phi) is 8.71. The first kappa shape index (κ1) is 32.8. The van der Waals surface area contributed by atoms with Crippen LogP contribution in [-0.4, -0.2) is 34.6 Å². The number of nitrogens with one attached hydrogen (secondary N) is 1. The van der Waals surface area contributed by atoms with E-state index < -0.39 is 11.6 Å². The minimum Gasteiger partial charge on any atom is -0.482 e. The fraction of sp³-hybridized carbons (Fsp3) is 0.475. The standard InChI is InChI=1S/C40H48N2O5/c1-25(2)26-12-14-31-27(20-26)13-17-34-39(6,18-9-19-40(31,34)7)22-30-33(46-24-43)16-15-32-36(30)42-37(41-32)28-10-8-11-29(21-28)45-23-35(44)47-38(3,4)5/h8,10-12,14-16,20-21,24-25,34H,9,13,17-19,22-23H2,1-7H3,(H,41,42)/t34-,39+,40+/m0/s1. The lowest BCUT2D eigenvalue weighted by atomic mass is 9.48. The van der Waals surface area contributed by atoms with Crippen molar-refractivity contribution in [2.24, 2.45) is 11.3 Å². The lowest BCUT2D eigenvalue weighted by Crippen LogP contribution is -2.50. The predicted molar refractivity (Wildman–Crippen MR) is 185 cm³/mol. The van der Waals surface area contributed by atoms with E-state index in [1.807, 2.05) is 57.2 Å². The van der Waals surface area contributed by atoms with Crippen molar-refractivity contribution in [2.75, 3.05) is 6.61 Å². The Labute approximate surface area is 278 Å². The van der Waals surface area contributed by atoms with Crippen molar-refractivity contribution in [3.63, 3.8) is 0 Å². The van der Waals surface area contributed by atoms with E-state index in [-0.39, 0.29) is 17.4 Å². The van der Waals surface area contributed by atoms with Crippen molar-refractivity contribution in [2.45, 2.75) is 104 Å². The number of rotatable bonds is 9. The van der Waals surface area contributed by atoms with E-state index in [4.69, 9.17) is 19.2 Å². The highest BCUT2D eigenvalue weighted by Gasteiger charge is 2.52. The summed E-state index contributed by atoms with van der Waals surface area (Å²) in [5, 5.41) is 0. The van der Waals surface area contributed by atoms with Crippen LogP contribution in [0.25, 0.3) is 22.4 Å². The zero-order valence-electron chi connectivity index (χ0n) is 28.9. The minimum absolute atomic E-state index is 0.00871. The summed E-state index contributed by atoms with van der Waals surface area (Å²) in [6.07, 6.45) is 6.43. The average Bonchev–Trinajstić information content (AvgIpc) is 3.45. The van der Waals surface area contributed by atoms with Crippen molar-refractivity contribution in [1.82, 2.24) is 9.97 Å². The molecule has 7 nitrogen and oxygen atoms in total. The Hall–Kier alpha value is -4.13. The van der Waals surface area contributed by atoms with Crippen LogP contribution in [0.2, 0.25) is 0 Å². The van der Waals surface area contributed by atoms with Crippen LogP contribution in [0.1, 0.15) is 102 Å². The number of esters is 1. The average molecular weight is 637 g/mol. The second-order valence-electron chi connectivity index (χ2n) is 15.4. The highest BCUT2D eigenvalue weighted by atomic mass is 16.6. The van der Waals surface area contributed by atoms with Crippen molar-refractivity contribution < 1.29 is 23.8 Å². The highest BCUT2D eigenvalue weighted by molar-refractivity contribution is 5.85. The van der Waals surface area contributed by atoms with E-state index in [9.17, 15) is 9.59 Å². The maximum absolute atomic E-state index is 12.2. The van der Waals surface area contributed by atoms with Crippen LogP contribution in [0, 0.1) is 11.3 Å². The summed E-state index contributed by atoms with van der Waals surface area (Å²) in [4.78, 5) is 32.5. The van der Waals surface area contributed by atoms with Crippen LogP contribution >= 0.6 is 0 Å². The Bertz CT molecular complexity index is 1800. The van der Waals surface area contributed by atoms with Crippen LogP contribution in [0.3, 0.4) is 0 Å². The van der Waals surface area contributed by atoms with Gasteiger partial charge in [-0.25, -0.2) is 9.78 Å². The van der Waals surface area contributed by atoms with Crippen LogP contribution in [0.15, 0.2) is 54.6 Å². The first-order chi connectivity index (χ1) is 22.3. The number of benzene rings is 3. The number of aromatic nitrogens is 2. The van der Waals surface area contributed by atoms with Gasteiger partial charge in [0.05, 0.1) is 11.0 Å². The van der Waals surface area contributed by atoms with Gasteiger partial charge in [-0.2, -0.15) is 0 Å². The number of carbonyl (C=O) groups excluding carboxylic acids is 2. The van der Waals surface area contributed by atoms with E-state index >= 15 is 0 Å². The molecule has 0 amide bonds. The zero-order valence-corrected chi connectivity index (χ0v) is 28.9. The molecule has 4 aromatic rings. The molecule has 2 aliphatic rings. The number of aromatic amines is 1. The lowest BCUT2D eigenvalue weighted by molar-refractivity contribution is -0.157. The maximum atomic E-state index is 12.2. The van der Waals surface area contributed by atoms with E-state index in [1.54, 1.807) is 0 Å². The highest BCUT2D eigenvalue weighted by Crippen LogP contribution is 2.59. The number of imidazole rings is 1. The van der Waals surface area contributed by atoms with Crippen LogP contribution in [-0.2, 0) is 32.6 Å². The third-order valence-corrected chi connectivity index (χ3v) is 10.5. The Balaban J connectivity index is 1.32. The summed E-state index contributed by atoms with van der Waals surface area (Å²) in [6, 6.07) is 18.5. The van der Waals surface area contributed by atoms with Gasteiger partial charge >= 0.3 is 5.97 Å². The van der Waals surface area contributed by atoms with Crippen LogP contribution in [0.4, 0.5) is 0 Å². The number of hydrogen-bond donors (Lipinski definition) is 1. The summed E-state index contributed by atoms with van der Waals surface area (Å²) in [6.45, 7) is 15.3. The summed E-state index contributed by atoms with van der Waals surface area (Å²) >= 11 is 0. The van der Waals surface area contributed by atoms with Gasteiger partial charge in [-0.15, -0.1) is 0 Å². The molecule has 3 aromatic carbocycles. The topological polar surface area (TPSA) is 90.5 Å². The smallest absolute Gasteiger partial charge is 0.344 e. The van der Waals surface area contributed by atoms with E-state index in [1.165, 1.54) is 23.1 Å². The molecule has 0 unspecified atom stereocenters. The minimum atomic E-state index is -0.576. The molecule has 3 atom stereocenters. The molecule has 1 fully saturated rings. The molecule has 47 heavy (non-hydrogen) atoms. The normalized spacial score (nSPS) is 22.4. The molecule has 7 heteroatoms. The molecule has 0 saturated heterocycles. The molecule has 2 aliphatic carbocycles. The van der Waals surface area contributed by atoms with Gasteiger partial charge in [-0.1, -0.05) is 64.4 Å².